The number of hydrogen-bond acceptors (Lipinski definition) is 4. The summed E-state index contributed by atoms with van der Waals surface area (Å²) in [5, 5.41) is 3.67. The molecule has 0 radical (unpaired) electrons. The van der Waals surface area contributed by atoms with Crippen molar-refractivity contribution >= 4 is 17.5 Å². The van der Waals surface area contributed by atoms with Crippen LogP contribution in [0.5, 0.6) is 0 Å². The summed E-state index contributed by atoms with van der Waals surface area (Å²) in [6.45, 7) is 3.59. The summed E-state index contributed by atoms with van der Waals surface area (Å²) in [4.78, 5) is 16.9. The van der Waals surface area contributed by atoms with E-state index in [1.807, 2.05) is 43.3 Å². The molecule has 2 aromatic rings. The van der Waals surface area contributed by atoms with Crippen molar-refractivity contribution in [3.8, 4) is 0 Å². The van der Waals surface area contributed by atoms with Gasteiger partial charge in [-0.05, 0) is 48.7 Å². The van der Waals surface area contributed by atoms with Gasteiger partial charge in [-0.15, -0.1) is 0 Å². The molecule has 1 fully saturated rings. The molecule has 2 heterocycles. The zero-order valence-electron chi connectivity index (χ0n) is 14.8. The first kappa shape index (κ1) is 18.8. The van der Waals surface area contributed by atoms with Crippen LogP contribution >= 0.6 is 11.6 Å². The number of carbonyl (C=O) groups is 1. The molecule has 0 saturated carbocycles. The first-order valence-corrected chi connectivity index (χ1v) is 9.13. The Hall–Kier alpha value is -1.95. The number of carbonyl (C=O) groups excluding carboxylic acids is 1. The molecule has 0 bridgehead atoms. The Balaban J connectivity index is 1.67. The van der Waals surface area contributed by atoms with Gasteiger partial charge in [0.05, 0.1) is 19.1 Å². The lowest BCUT2D eigenvalue weighted by Crippen LogP contribution is -2.36. The summed E-state index contributed by atoms with van der Waals surface area (Å²) in [6.07, 6.45) is 4.69. The maximum atomic E-state index is 12.9. The number of nitrogens with one attached hydrogen (secondary N) is 1. The molecule has 1 saturated heterocycles. The summed E-state index contributed by atoms with van der Waals surface area (Å²) in [5.74, 6) is -0.924. The van der Waals surface area contributed by atoms with E-state index in [1.165, 1.54) is 0 Å². The van der Waals surface area contributed by atoms with E-state index < -0.39 is 5.79 Å². The fraction of sp³-hybridized carbons (Fsp3) is 0.400. The van der Waals surface area contributed by atoms with E-state index in [1.54, 1.807) is 12.4 Å². The predicted octanol–water partition coefficient (Wildman–Crippen LogP) is 3.33. The zero-order chi connectivity index (χ0) is 18.4. The van der Waals surface area contributed by atoms with Gasteiger partial charge in [-0.2, -0.15) is 0 Å². The standard InChI is InChI=1S/C20H23ClN2O3/c1-20(25-12-13-26-20)8-11-23-19(24)18(14-15-6-9-22-10-7-15)16-2-4-17(21)5-3-16/h2-7,9-10,18H,8,11-14H2,1H3,(H,23,24). The van der Waals surface area contributed by atoms with E-state index in [9.17, 15) is 4.79 Å². The maximum absolute atomic E-state index is 12.9. The van der Waals surface area contributed by atoms with E-state index in [4.69, 9.17) is 21.1 Å². The Morgan fingerprint density at radius 2 is 1.85 bits per heavy atom. The number of benzene rings is 1. The van der Waals surface area contributed by atoms with E-state index in [2.05, 4.69) is 10.3 Å². The smallest absolute Gasteiger partial charge is 0.227 e. The highest BCUT2D eigenvalue weighted by Crippen LogP contribution is 2.24. The van der Waals surface area contributed by atoms with Crippen LogP contribution in [0, 0.1) is 0 Å². The van der Waals surface area contributed by atoms with Gasteiger partial charge in [-0.25, -0.2) is 0 Å². The first-order valence-electron chi connectivity index (χ1n) is 8.76. The third kappa shape index (κ3) is 5.04. The molecule has 26 heavy (non-hydrogen) atoms. The van der Waals surface area contributed by atoms with Gasteiger partial charge in [0.2, 0.25) is 5.91 Å². The molecule has 138 valence electrons. The van der Waals surface area contributed by atoms with Gasteiger partial charge in [0.15, 0.2) is 5.79 Å². The monoisotopic (exact) mass is 374 g/mol. The average Bonchev–Trinajstić information content (AvgIpc) is 3.08. The Bertz CT molecular complexity index is 716. The number of halogens is 1. The van der Waals surface area contributed by atoms with Gasteiger partial charge in [0.25, 0.3) is 0 Å². The molecule has 1 N–H and O–H groups in total. The molecule has 1 aliphatic rings. The molecule has 1 aromatic heterocycles. The Kier molecular flexibility index (Phi) is 6.25. The van der Waals surface area contributed by atoms with Gasteiger partial charge in [0, 0.05) is 30.4 Å². The van der Waals surface area contributed by atoms with Crippen LogP contribution < -0.4 is 5.32 Å². The van der Waals surface area contributed by atoms with Gasteiger partial charge in [0.1, 0.15) is 0 Å². The van der Waals surface area contributed by atoms with Crippen molar-refractivity contribution in [2.45, 2.75) is 31.5 Å². The molecule has 6 heteroatoms. The Morgan fingerprint density at radius 3 is 2.50 bits per heavy atom. The van der Waals surface area contributed by atoms with Crippen LogP contribution in [0.25, 0.3) is 0 Å². The number of aromatic nitrogens is 1. The minimum absolute atomic E-state index is 0.0225. The topological polar surface area (TPSA) is 60.5 Å². The van der Waals surface area contributed by atoms with Crippen LogP contribution in [-0.2, 0) is 20.7 Å². The highest BCUT2D eigenvalue weighted by molar-refractivity contribution is 6.30. The third-order valence-corrected chi connectivity index (χ3v) is 4.81. The van der Waals surface area contributed by atoms with Crippen molar-refractivity contribution < 1.29 is 14.3 Å². The van der Waals surface area contributed by atoms with Crippen LogP contribution in [0.1, 0.15) is 30.4 Å². The third-order valence-electron chi connectivity index (χ3n) is 4.55. The van der Waals surface area contributed by atoms with Crippen molar-refractivity contribution in [1.29, 1.82) is 0 Å². The number of rotatable bonds is 7. The second kappa shape index (κ2) is 8.62. The van der Waals surface area contributed by atoms with Crippen molar-refractivity contribution in [2.75, 3.05) is 19.8 Å². The Morgan fingerprint density at radius 1 is 1.19 bits per heavy atom. The largest absolute Gasteiger partial charge is 0.355 e. The summed E-state index contributed by atoms with van der Waals surface area (Å²) >= 11 is 5.99. The fourth-order valence-electron chi connectivity index (χ4n) is 3.05. The van der Waals surface area contributed by atoms with Gasteiger partial charge in [-0.3, -0.25) is 9.78 Å². The first-order chi connectivity index (χ1) is 12.6. The second-order valence-corrected chi connectivity index (χ2v) is 6.97. The van der Waals surface area contributed by atoms with Crippen LogP contribution in [0.2, 0.25) is 5.02 Å². The molecule has 5 nitrogen and oxygen atoms in total. The molecular weight excluding hydrogens is 352 g/mol. The normalized spacial score (nSPS) is 17.0. The number of amides is 1. The minimum atomic E-state index is -0.603. The number of hydrogen-bond donors (Lipinski definition) is 1. The highest BCUT2D eigenvalue weighted by atomic mass is 35.5. The van der Waals surface area contributed by atoms with Crippen LogP contribution in [-0.4, -0.2) is 36.4 Å². The van der Waals surface area contributed by atoms with E-state index >= 15 is 0 Å². The predicted molar refractivity (Wildman–Crippen MR) is 100 cm³/mol. The molecule has 1 aliphatic heterocycles. The van der Waals surface area contributed by atoms with Gasteiger partial charge in [-0.1, -0.05) is 23.7 Å². The molecule has 0 spiro atoms. The average molecular weight is 375 g/mol. The summed E-state index contributed by atoms with van der Waals surface area (Å²) in [6, 6.07) is 11.3. The lowest BCUT2D eigenvalue weighted by atomic mass is 9.91. The summed E-state index contributed by atoms with van der Waals surface area (Å²) in [5.41, 5.74) is 1.99. The van der Waals surface area contributed by atoms with E-state index in [0.717, 1.165) is 11.1 Å². The molecule has 1 atom stereocenters. The van der Waals surface area contributed by atoms with Crippen molar-refractivity contribution in [3.05, 3.63) is 64.9 Å². The molecule has 0 aliphatic carbocycles. The summed E-state index contributed by atoms with van der Waals surface area (Å²) in [7, 11) is 0. The van der Waals surface area contributed by atoms with Crippen LogP contribution in [0.15, 0.2) is 48.8 Å². The Labute approximate surface area is 158 Å². The quantitative estimate of drug-likeness (QED) is 0.807. The molecule has 1 amide bonds. The van der Waals surface area contributed by atoms with Crippen molar-refractivity contribution in [1.82, 2.24) is 10.3 Å². The maximum Gasteiger partial charge on any atom is 0.227 e. The fourth-order valence-corrected chi connectivity index (χ4v) is 3.17. The van der Waals surface area contributed by atoms with Gasteiger partial charge < -0.3 is 14.8 Å². The van der Waals surface area contributed by atoms with Crippen molar-refractivity contribution in [2.24, 2.45) is 0 Å². The number of ether oxygens (including phenoxy) is 2. The van der Waals surface area contributed by atoms with Crippen molar-refractivity contribution in [3.63, 3.8) is 0 Å². The molecule has 1 unspecified atom stereocenters. The van der Waals surface area contributed by atoms with Gasteiger partial charge >= 0.3 is 0 Å². The van der Waals surface area contributed by atoms with Crippen LogP contribution in [0.3, 0.4) is 0 Å². The molecule has 3 rings (SSSR count). The number of nitrogens with zero attached hydrogens (tertiary/aromatic N) is 1. The van der Waals surface area contributed by atoms with E-state index in [-0.39, 0.29) is 11.8 Å². The highest BCUT2D eigenvalue weighted by Gasteiger charge is 2.31. The number of pyridine rings is 1. The second-order valence-electron chi connectivity index (χ2n) is 6.54. The van der Waals surface area contributed by atoms with E-state index in [0.29, 0.717) is 37.6 Å². The lowest BCUT2D eigenvalue weighted by Gasteiger charge is -2.23. The summed E-state index contributed by atoms with van der Waals surface area (Å²) < 4.78 is 11.2. The SMILES string of the molecule is CC1(CCNC(=O)C(Cc2ccncc2)c2ccc(Cl)cc2)OCCO1. The molecular formula is C20H23ClN2O3. The van der Waals surface area contributed by atoms with Crippen LogP contribution in [0.4, 0.5) is 0 Å². The molecule has 1 aromatic carbocycles. The zero-order valence-corrected chi connectivity index (χ0v) is 15.5. The minimum Gasteiger partial charge on any atom is -0.355 e. The lowest BCUT2D eigenvalue weighted by molar-refractivity contribution is -0.146.